The van der Waals surface area contributed by atoms with Crippen LogP contribution in [0.4, 0.5) is 5.69 Å². The number of nitrogens with zero attached hydrogens (tertiary/aromatic N) is 1. The molecule has 2 rings (SSSR count). The van der Waals surface area contributed by atoms with Gasteiger partial charge in [0.05, 0.1) is 18.1 Å². The molecule has 1 aromatic rings. The van der Waals surface area contributed by atoms with Crippen LogP contribution in [0.3, 0.4) is 0 Å². The Bertz CT molecular complexity index is 467. The van der Waals surface area contributed by atoms with Gasteiger partial charge < -0.3 is 9.47 Å². The fourth-order valence-electron chi connectivity index (χ4n) is 1.58. The summed E-state index contributed by atoms with van der Waals surface area (Å²) < 4.78 is 10.6. The van der Waals surface area contributed by atoms with Crippen LogP contribution in [-0.2, 0) is 0 Å². The molecule has 16 heavy (non-hydrogen) atoms. The summed E-state index contributed by atoms with van der Waals surface area (Å²) in [6.07, 6.45) is 3.59. The van der Waals surface area contributed by atoms with Crippen molar-refractivity contribution in [1.29, 1.82) is 0 Å². The first kappa shape index (κ1) is 10.5. The van der Waals surface area contributed by atoms with E-state index < -0.39 is 4.92 Å². The molecule has 1 aliphatic heterocycles. The molecule has 0 bridgehead atoms. The molecule has 0 aliphatic carbocycles. The summed E-state index contributed by atoms with van der Waals surface area (Å²) in [5.41, 5.74) is 0.669. The molecule has 5 nitrogen and oxygen atoms in total. The summed E-state index contributed by atoms with van der Waals surface area (Å²) >= 11 is 0. The Morgan fingerprint density at radius 3 is 2.88 bits per heavy atom. The zero-order chi connectivity index (χ0) is 11.7. The van der Waals surface area contributed by atoms with E-state index in [4.69, 9.17) is 9.47 Å². The van der Waals surface area contributed by atoms with E-state index >= 15 is 0 Å². The number of ether oxygens (including phenoxy) is 2. The SMILES string of the molecule is COc1cc([N+](=O)[O-])cc2c1OC(C)C=C2. The van der Waals surface area contributed by atoms with Crippen molar-refractivity contribution in [1.82, 2.24) is 0 Å². The maximum absolute atomic E-state index is 10.7. The van der Waals surface area contributed by atoms with Crippen LogP contribution in [0.25, 0.3) is 6.08 Å². The van der Waals surface area contributed by atoms with Crippen LogP contribution in [-0.4, -0.2) is 18.1 Å². The number of benzene rings is 1. The van der Waals surface area contributed by atoms with E-state index in [2.05, 4.69) is 0 Å². The third-order valence-electron chi connectivity index (χ3n) is 2.35. The molecule has 0 saturated heterocycles. The topological polar surface area (TPSA) is 61.6 Å². The van der Waals surface area contributed by atoms with E-state index in [1.807, 2.05) is 13.0 Å². The van der Waals surface area contributed by atoms with Gasteiger partial charge in [-0.25, -0.2) is 0 Å². The quantitative estimate of drug-likeness (QED) is 0.568. The fraction of sp³-hybridized carbons (Fsp3) is 0.273. The standard InChI is InChI=1S/C11H11NO4/c1-7-3-4-8-5-9(12(13)14)6-10(15-2)11(8)16-7/h3-7H,1-2H3. The van der Waals surface area contributed by atoms with E-state index in [-0.39, 0.29) is 11.8 Å². The molecule has 5 heteroatoms. The van der Waals surface area contributed by atoms with Gasteiger partial charge in [-0.1, -0.05) is 6.08 Å². The maximum atomic E-state index is 10.7. The van der Waals surface area contributed by atoms with E-state index in [1.54, 1.807) is 6.08 Å². The lowest BCUT2D eigenvalue weighted by atomic mass is 10.1. The molecular formula is C11H11NO4. The molecule has 0 N–H and O–H groups in total. The number of fused-ring (bicyclic) bond motifs is 1. The number of non-ortho nitro benzene ring substituents is 1. The number of nitro groups is 1. The van der Waals surface area contributed by atoms with Crippen molar-refractivity contribution in [2.24, 2.45) is 0 Å². The van der Waals surface area contributed by atoms with Crippen molar-refractivity contribution in [3.8, 4) is 11.5 Å². The zero-order valence-electron chi connectivity index (χ0n) is 8.97. The van der Waals surface area contributed by atoms with Gasteiger partial charge in [-0.15, -0.1) is 0 Å². The van der Waals surface area contributed by atoms with Crippen molar-refractivity contribution < 1.29 is 14.4 Å². The van der Waals surface area contributed by atoms with Gasteiger partial charge in [-0.2, -0.15) is 0 Å². The summed E-state index contributed by atoms with van der Waals surface area (Å²) in [6.45, 7) is 1.89. The molecule has 0 saturated carbocycles. The second kappa shape index (κ2) is 3.84. The summed E-state index contributed by atoms with van der Waals surface area (Å²) in [4.78, 5) is 10.3. The lowest BCUT2D eigenvalue weighted by Gasteiger charge is -2.20. The summed E-state index contributed by atoms with van der Waals surface area (Å²) in [5.74, 6) is 0.948. The predicted octanol–water partition coefficient (Wildman–Crippen LogP) is 2.40. The minimum Gasteiger partial charge on any atom is -0.493 e. The Morgan fingerprint density at radius 2 is 2.25 bits per heavy atom. The number of methoxy groups -OCH3 is 1. The lowest BCUT2D eigenvalue weighted by Crippen LogP contribution is -2.13. The molecule has 1 atom stereocenters. The highest BCUT2D eigenvalue weighted by atomic mass is 16.6. The highest BCUT2D eigenvalue weighted by molar-refractivity contribution is 5.68. The first-order valence-corrected chi connectivity index (χ1v) is 4.83. The highest BCUT2D eigenvalue weighted by Gasteiger charge is 2.20. The second-order valence-corrected chi connectivity index (χ2v) is 3.51. The van der Waals surface area contributed by atoms with Gasteiger partial charge in [-0.3, -0.25) is 10.1 Å². The van der Waals surface area contributed by atoms with Crippen molar-refractivity contribution in [2.75, 3.05) is 7.11 Å². The van der Waals surface area contributed by atoms with Crippen molar-refractivity contribution in [3.05, 3.63) is 33.9 Å². The Labute approximate surface area is 92.4 Å². The molecule has 1 unspecified atom stereocenters. The van der Waals surface area contributed by atoms with Gasteiger partial charge in [0.25, 0.3) is 5.69 Å². The molecular weight excluding hydrogens is 210 g/mol. The highest BCUT2D eigenvalue weighted by Crippen LogP contribution is 2.39. The van der Waals surface area contributed by atoms with Crippen LogP contribution >= 0.6 is 0 Å². The monoisotopic (exact) mass is 221 g/mol. The molecule has 84 valence electrons. The van der Waals surface area contributed by atoms with Crippen molar-refractivity contribution in [3.63, 3.8) is 0 Å². The molecule has 0 aromatic heterocycles. The van der Waals surface area contributed by atoms with Crippen LogP contribution in [0, 0.1) is 10.1 Å². The van der Waals surface area contributed by atoms with Crippen LogP contribution in [0.2, 0.25) is 0 Å². The Morgan fingerprint density at radius 1 is 1.50 bits per heavy atom. The number of hydrogen-bond acceptors (Lipinski definition) is 4. The molecule has 0 fully saturated rings. The van der Waals surface area contributed by atoms with Gasteiger partial charge in [0.2, 0.25) is 0 Å². The van der Waals surface area contributed by atoms with Crippen LogP contribution in [0.5, 0.6) is 11.5 Å². The first-order chi connectivity index (χ1) is 7.61. The van der Waals surface area contributed by atoms with Crippen LogP contribution in [0.15, 0.2) is 18.2 Å². The lowest BCUT2D eigenvalue weighted by molar-refractivity contribution is -0.385. The van der Waals surface area contributed by atoms with Crippen LogP contribution in [0.1, 0.15) is 12.5 Å². The molecule has 1 aromatic carbocycles. The molecule has 0 radical (unpaired) electrons. The van der Waals surface area contributed by atoms with Gasteiger partial charge >= 0.3 is 0 Å². The van der Waals surface area contributed by atoms with Crippen LogP contribution < -0.4 is 9.47 Å². The zero-order valence-corrected chi connectivity index (χ0v) is 8.97. The minimum absolute atomic E-state index is 0.00148. The molecule has 0 spiro atoms. The number of rotatable bonds is 2. The minimum atomic E-state index is -0.450. The van der Waals surface area contributed by atoms with Gasteiger partial charge in [-0.05, 0) is 13.0 Å². The average molecular weight is 221 g/mol. The summed E-state index contributed by atoms with van der Waals surface area (Å²) in [5, 5.41) is 10.7. The second-order valence-electron chi connectivity index (χ2n) is 3.51. The number of nitro benzene ring substituents is 1. The molecule has 1 heterocycles. The Balaban J connectivity index is 2.57. The van der Waals surface area contributed by atoms with Gasteiger partial charge in [0.1, 0.15) is 6.10 Å². The normalized spacial score (nSPS) is 17.5. The molecule has 0 amide bonds. The van der Waals surface area contributed by atoms with E-state index in [1.165, 1.54) is 19.2 Å². The predicted molar refractivity (Wildman–Crippen MR) is 58.8 cm³/mol. The Hall–Kier alpha value is -2.04. The van der Waals surface area contributed by atoms with Crippen molar-refractivity contribution in [2.45, 2.75) is 13.0 Å². The number of hydrogen-bond donors (Lipinski definition) is 0. The van der Waals surface area contributed by atoms with Crippen molar-refractivity contribution >= 4 is 11.8 Å². The van der Waals surface area contributed by atoms with E-state index in [9.17, 15) is 10.1 Å². The smallest absolute Gasteiger partial charge is 0.274 e. The largest absolute Gasteiger partial charge is 0.493 e. The third-order valence-corrected chi connectivity index (χ3v) is 2.35. The Kier molecular flexibility index (Phi) is 2.52. The average Bonchev–Trinajstić information content (AvgIpc) is 2.27. The van der Waals surface area contributed by atoms with E-state index in [0.717, 1.165) is 0 Å². The molecule has 1 aliphatic rings. The first-order valence-electron chi connectivity index (χ1n) is 4.83. The van der Waals surface area contributed by atoms with E-state index in [0.29, 0.717) is 17.1 Å². The van der Waals surface area contributed by atoms with Gasteiger partial charge in [0.15, 0.2) is 11.5 Å². The third kappa shape index (κ3) is 1.71. The van der Waals surface area contributed by atoms with Gasteiger partial charge in [0, 0.05) is 11.6 Å². The summed E-state index contributed by atoms with van der Waals surface area (Å²) in [6, 6.07) is 2.84. The maximum Gasteiger partial charge on any atom is 0.274 e. The fourth-order valence-corrected chi connectivity index (χ4v) is 1.58. The summed E-state index contributed by atoms with van der Waals surface area (Å²) in [7, 11) is 1.46.